The summed E-state index contributed by atoms with van der Waals surface area (Å²) in [4.78, 5) is 2.38. The number of hydrogen-bond acceptors (Lipinski definition) is 3. The minimum absolute atomic E-state index is 0.367. The van der Waals surface area contributed by atoms with Gasteiger partial charge in [-0.05, 0) is 25.7 Å². The minimum Gasteiger partial charge on any atom is -0.390 e. The fourth-order valence-electron chi connectivity index (χ4n) is 2.08. The third kappa shape index (κ3) is 3.74. The van der Waals surface area contributed by atoms with Crippen molar-refractivity contribution in [3.05, 3.63) is 0 Å². The Balaban J connectivity index is 2.23. The number of likely N-dealkylation sites (tertiary alicyclic amines) is 1. The van der Waals surface area contributed by atoms with Crippen LogP contribution in [0.25, 0.3) is 0 Å². The fourth-order valence-corrected chi connectivity index (χ4v) is 2.08. The van der Waals surface area contributed by atoms with Gasteiger partial charge in [0.15, 0.2) is 0 Å². The van der Waals surface area contributed by atoms with Crippen LogP contribution >= 0.6 is 0 Å². The van der Waals surface area contributed by atoms with E-state index in [9.17, 15) is 5.11 Å². The summed E-state index contributed by atoms with van der Waals surface area (Å²) >= 11 is 0. The Hall–Kier alpha value is -0.120. The van der Waals surface area contributed by atoms with Crippen LogP contribution in [0.2, 0.25) is 0 Å². The van der Waals surface area contributed by atoms with Crippen LogP contribution in [0.5, 0.6) is 0 Å². The Morgan fingerprint density at radius 3 is 2.40 bits per heavy atom. The first-order valence-electron chi connectivity index (χ1n) is 6.11. The summed E-state index contributed by atoms with van der Waals surface area (Å²) in [5.41, 5.74) is -0.428. The zero-order valence-electron chi connectivity index (χ0n) is 10.3. The topological polar surface area (TPSA) is 32.7 Å². The van der Waals surface area contributed by atoms with E-state index < -0.39 is 5.60 Å². The second kappa shape index (κ2) is 5.83. The lowest BCUT2D eigenvalue weighted by molar-refractivity contribution is -0.0594. The molecule has 0 atom stereocenters. The number of ether oxygens (including phenoxy) is 1. The molecule has 90 valence electrons. The van der Waals surface area contributed by atoms with E-state index in [-0.39, 0.29) is 0 Å². The van der Waals surface area contributed by atoms with Gasteiger partial charge in [0, 0.05) is 26.2 Å². The monoisotopic (exact) mass is 215 g/mol. The van der Waals surface area contributed by atoms with Crippen LogP contribution in [0, 0.1) is 5.92 Å². The molecule has 0 radical (unpaired) electrons. The van der Waals surface area contributed by atoms with Crippen LogP contribution in [0.15, 0.2) is 0 Å². The fraction of sp³-hybridized carbons (Fsp3) is 1.00. The summed E-state index contributed by atoms with van der Waals surface area (Å²) in [5.74, 6) is 0.367. The Morgan fingerprint density at radius 2 is 1.93 bits per heavy atom. The summed E-state index contributed by atoms with van der Waals surface area (Å²) in [7, 11) is 0. The molecule has 1 aliphatic heterocycles. The molecule has 0 aromatic heterocycles. The standard InChI is InChI=1S/C12H25NO2/c1-4-15-10-9-13-7-5-12(14,6-8-13)11(2)3/h11,14H,4-10H2,1-3H3. The van der Waals surface area contributed by atoms with Gasteiger partial charge in [-0.3, -0.25) is 0 Å². The summed E-state index contributed by atoms with van der Waals surface area (Å²) < 4.78 is 5.33. The predicted octanol–water partition coefficient (Wildman–Crippen LogP) is 1.51. The normalized spacial score (nSPS) is 22.2. The summed E-state index contributed by atoms with van der Waals surface area (Å²) in [5, 5.41) is 10.3. The lowest BCUT2D eigenvalue weighted by Crippen LogP contribution is -2.48. The summed E-state index contributed by atoms with van der Waals surface area (Å²) in [6.07, 6.45) is 1.80. The molecule has 1 heterocycles. The van der Waals surface area contributed by atoms with Crippen LogP contribution in [0.4, 0.5) is 0 Å². The molecule has 1 saturated heterocycles. The molecule has 0 aliphatic carbocycles. The first-order valence-corrected chi connectivity index (χ1v) is 6.11. The molecule has 0 spiro atoms. The van der Waals surface area contributed by atoms with Gasteiger partial charge in [0.2, 0.25) is 0 Å². The Morgan fingerprint density at radius 1 is 1.33 bits per heavy atom. The van der Waals surface area contributed by atoms with Crippen molar-refractivity contribution in [2.45, 2.75) is 39.2 Å². The Bertz CT molecular complexity index is 174. The third-order valence-corrected chi connectivity index (χ3v) is 3.55. The quantitative estimate of drug-likeness (QED) is 0.706. The molecule has 1 N–H and O–H groups in total. The predicted molar refractivity (Wildman–Crippen MR) is 62.0 cm³/mol. The second-order valence-electron chi connectivity index (χ2n) is 4.80. The number of piperidine rings is 1. The van der Waals surface area contributed by atoms with Gasteiger partial charge in [0.1, 0.15) is 0 Å². The molecule has 1 aliphatic rings. The minimum atomic E-state index is -0.428. The molecule has 3 heteroatoms. The number of rotatable bonds is 5. The van der Waals surface area contributed by atoms with Crippen molar-refractivity contribution in [3.8, 4) is 0 Å². The number of aliphatic hydroxyl groups is 1. The molecule has 0 saturated carbocycles. The van der Waals surface area contributed by atoms with Crippen molar-refractivity contribution in [2.24, 2.45) is 5.92 Å². The van der Waals surface area contributed by atoms with E-state index in [4.69, 9.17) is 4.74 Å². The first-order chi connectivity index (χ1) is 7.08. The molecule has 0 aromatic carbocycles. The maximum Gasteiger partial charge on any atom is 0.0694 e. The molecule has 0 unspecified atom stereocenters. The summed E-state index contributed by atoms with van der Waals surface area (Å²) in [6.45, 7) is 10.9. The van der Waals surface area contributed by atoms with Crippen molar-refractivity contribution in [1.29, 1.82) is 0 Å². The van der Waals surface area contributed by atoms with Gasteiger partial charge >= 0.3 is 0 Å². The first kappa shape index (κ1) is 12.9. The lowest BCUT2D eigenvalue weighted by Gasteiger charge is -2.40. The molecule has 0 amide bonds. The maximum atomic E-state index is 10.3. The van der Waals surface area contributed by atoms with E-state index in [1.807, 2.05) is 6.92 Å². The zero-order valence-corrected chi connectivity index (χ0v) is 10.3. The highest BCUT2D eigenvalue weighted by molar-refractivity contribution is 4.88. The smallest absolute Gasteiger partial charge is 0.0694 e. The Labute approximate surface area is 93.4 Å². The molecule has 0 bridgehead atoms. The van der Waals surface area contributed by atoms with Gasteiger partial charge in [0.25, 0.3) is 0 Å². The molecule has 0 aromatic rings. The van der Waals surface area contributed by atoms with E-state index in [2.05, 4.69) is 18.7 Å². The van der Waals surface area contributed by atoms with Crippen molar-refractivity contribution >= 4 is 0 Å². The molecule has 1 rings (SSSR count). The summed E-state index contributed by atoms with van der Waals surface area (Å²) in [6, 6.07) is 0. The van der Waals surface area contributed by atoms with Crippen molar-refractivity contribution in [3.63, 3.8) is 0 Å². The SMILES string of the molecule is CCOCCN1CCC(O)(C(C)C)CC1. The maximum absolute atomic E-state index is 10.3. The van der Waals surface area contributed by atoms with Crippen LogP contribution in [-0.2, 0) is 4.74 Å². The van der Waals surface area contributed by atoms with E-state index >= 15 is 0 Å². The van der Waals surface area contributed by atoms with E-state index in [1.165, 1.54) is 0 Å². The largest absolute Gasteiger partial charge is 0.390 e. The van der Waals surface area contributed by atoms with Gasteiger partial charge in [-0.25, -0.2) is 0 Å². The highest BCUT2D eigenvalue weighted by atomic mass is 16.5. The Kier molecular flexibility index (Phi) is 5.03. The molecule has 3 nitrogen and oxygen atoms in total. The lowest BCUT2D eigenvalue weighted by atomic mass is 9.81. The van der Waals surface area contributed by atoms with Gasteiger partial charge in [-0.15, -0.1) is 0 Å². The second-order valence-corrected chi connectivity index (χ2v) is 4.80. The van der Waals surface area contributed by atoms with E-state index in [0.29, 0.717) is 5.92 Å². The van der Waals surface area contributed by atoms with E-state index in [0.717, 1.165) is 45.7 Å². The molecule has 15 heavy (non-hydrogen) atoms. The molecular weight excluding hydrogens is 190 g/mol. The highest BCUT2D eigenvalue weighted by Gasteiger charge is 2.34. The van der Waals surface area contributed by atoms with Gasteiger partial charge in [0.05, 0.1) is 12.2 Å². The van der Waals surface area contributed by atoms with Crippen LogP contribution in [0.3, 0.4) is 0 Å². The van der Waals surface area contributed by atoms with Gasteiger partial charge in [-0.2, -0.15) is 0 Å². The van der Waals surface area contributed by atoms with Gasteiger partial charge < -0.3 is 14.7 Å². The number of nitrogens with zero attached hydrogens (tertiary/aromatic N) is 1. The third-order valence-electron chi connectivity index (χ3n) is 3.55. The zero-order chi connectivity index (χ0) is 11.3. The van der Waals surface area contributed by atoms with Crippen molar-refractivity contribution in [2.75, 3.05) is 32.8 Å². The highest BCUT2D eigenvalue weighted by Crippen LogP contribution is 2.29. The number of hydrogen-bond donors (Lipinski definition) is 1. The molecular formula is C12H25NO2. The van der Waals surface area contributed by atoms with Gasteiger partial charge in [-0.1, -0.05) is 13.8 Å². The van der Waals surface area contributed by atoms with Crippen LogP contribution < -0.4 is 0 Å². The van der Waals surface area contributed by atoms with E-state index in [1.54, 1.807) is 0 Å². The van der Waals surface area contributed by atoms with Crippen LogP contribution in [0.1, 0.15) is 33.6 Å². The average molecular weight is 215 g/mol. The van der Waals surface area contributed by atoms with Crippen molar-refractivity contribution < 1.29 is 9.84 Å². The van der Waals surface area contributed by atoms with Crippen molar-refractivity contribution in [1.82, 2.24) is 4.90 Å². The molecule has 1 fully saturated rings. The van der Waals surface area contributed by atoms with Crippen LogP contribution in [-0.4, -0.2) is 48.5 Å². The average Bonchev–Trinajstić information content (AvgIpc) is 2.21.